The number of benzene rings is 3. The Hall–Kier alpha value is -6.39. The van der Waals surface area contributed by atoms with E-state index in [1.807, 2.05) is 142 Å². The van der Waals surface area contributed by atoms with Gasteiger partial charge in [-0.2, -0.15) is 13.2 Å². The Bertz CT molecular complexity index is 2910. The van der Waals surface area contributed by atoms with Crippen LogP contribution in [0, 0.1) is 18.8 Å². The van der Waals surface area contributed by atoms with Crippen molar-refractivity contribution >= 4 is 47.8 Å². The van der Waals surface area contributed by atoms with Crippen molar-refractivity contribution in [2.45, 2.75) is 176 Å². The number of nitrogens with zero attached hydrogens (tertiary/aromatic N) is 5. The molecule has 6 rings (SSSR count). The fraction of sp³-hybridized carbons (Fsp3) is 0.634. The second-order valence-corrected chi connectivity index (χ2v) is 28.8. The van der Waals surface area contributed by atoms with Crippen LogP contribution in [0.3, 0.4) is 0 Å². The molecule has 3 aromatic rings. The highest BCUT2D eigenvalue weighted by molar-refractivity contribution is 5.81. The quantitative estimate of drug-likeness (QED) is 0.0443. The van der Waals surface area contributed by atoms with E-state index in [9.17, 15) is 28.8 Å². The maximum atomic E-state index is 15.2. The lowest BCUT2D eigenvalue weighted by Crippen LogP contribution is -2.50. The van der Waals surface area contributed by atoms with Crippen molar-refractivity contribution in [1.82, 2.24) is 35.1 Å². The monoisotopic (exact) mass is 1290 g/mol. The van der Waals surface area contributed by atoms with Crippen molar-refractivity contribution < 1.29 is 65.6 Å². The highest BCUT2D eigenvalue weighted by Crippen LogP contribution is 2.39. The summed E-state index contributed by atoms with van der Waals surface area (Å²) in [5, 5.41) is 6.14. The van der Waals surface area contributed by atoms with Crippen LogP contribution in [-0.4, -0.2) is 193 Å². The maximum Gasteiger partial charge on any atom is 0.417 e. The molecule has 21 heteroatoms. The van der Waals surface area contributed by atoms with E-state index in [2.05, 4.69) is 10.6 Å². The molecule has 0 aromatic heterocycles. The normalized spacial score (nSPS) is 19.5. The van der Waals surface area contributed by atoms with E-state index in [1.54, 1.807) is 26.8 Å². The molecule has 3 fully saturated rings. The largest absolute Gasteiger partial charge is 0.491 e. The average Bonchev–Trinajstić information content (AvgIpc) is 0.820. The SMILES string of the molecule is Cc1c(/C=C/c2cc(OCCNC(=O)C3CCC(CNC(=O)CN4CCN(CC(=O)OC(C)(C)C)CCN(CC(=O)OC(C)(C)C)CCN(CC(=O)OC(C)(C)C)CC4)CC3)c(CN3CCCC[C@H]3C(=O)OC(C)(C)C)cc2C(F)(F)F)cccc1-c1ccccc1. The van der Waals surface area contributed by atoms with Gasteiger partial charge in [0.25, 0.3) is 0 Å². The number of hydrogen-bond acceptors (Lipinski definition) is 16. The molecule has 2 amide bonds. The van der Waals surface area contributed by atoms with Crippen LogP contribution in [0.2, 0.25) is 0 Å². The first-order chi connectivity index (χ1) is 43.1. The number of ether oxygens (including phenoxy) is 5. The summed E-state index contributed by atoms with van der Waals surface area (Å²) in [5.41, 5.74) is 0.127. The van der Waals surface area contributed by atoms with Crippen LogP contribution in [0.1, 0.15) is 156 Å². The molecule has 2 saturated heterocycles. The predicted molar refractivity (Wildman–Crippen MR) is 351 cm³/mol. The number of nitrogens with one attached hydrogen (secondary N) is 2. The minimum Gasteiger partial charge on any atom is -0.491 e. The van der Waals surface area contributed by atoms with Crippen molar-refractivity contribution in [3.05, 3.63) is 88.5 Å². The standard InChI is InChI=1S/C71H104F3N7O11/c1-50-52(22-19-23-57(50)53-20-15-14-16-21-53)29-30-55-43-60(56(42-58(55)71(72,73)74)45-81-32-18-17-24-59(81)66(87)92-70(11,12)13)88-41-31-75-65(86)54-27-25-51(26-28-54)44-76-61(82)46-77-33-35-78(47-62(83)89-67(2,3)4)37-39-80(49-64(85)91-69(8,9)10)40-38-79(36-34-77)48-63(84)90-68(5,6)7/h14-16,19-23,29-30,42-43,51,54,59H,17-18,24-28,31-41,44-49H2,1-13H3,(H,75,86)(H,76,82)/b30-29+/t51?,54?,59-/m0/s1. The zero-order chi connectivity index (χ0) is 67.6. The van der Waals surface area contributed by atoms with Crippen LogP contribution in [0.5, 0.6) is 5.75 Å². The molecular formula is C71H104F3N7O11. The van der Waals surface area contributed by atoms with Crippen LogP contribution in [0.4, 0.5) is 13.2 Å². The van der Waals surface area contributed by atoms with Gasteiger partial charge in [0.2, 0.25) is 11.8 Å². The van der Waals surface area contributed by atoms with Crippen molar-refractivity contribution in [3.63, 3.8) is 0 Å². The lowest BCUT2D eigenvalue weighted by Gasteiger charge is -2.36. The number of halogens is 3. The van der Waals surface area contributed by atoms with E-state index in [0.717, 1.165) is 41.2 Å². The first kappa shape index (κ1) is 74.6. The number of hydrogen-bond donors (Lipinski definition) is 2. The highest BCUT2D eigenvalue weighted by Gasteiger charge is 2.37. The van der Waals surface area contributed by atoms with Crippen molar-refractivity contribution in [2.75, 3.05) is 105 Å². The van der Waals surface area contributed by atoms with Gasteiger partial charge in [0, 0.05) is 76.9 Å². The Labute approximate surface area is 544 Å². The molecule has 92 heavy (non-hydrogen) atoms. The molecule has 1 aliphatic carbocycles. The van der Waals surface area contributed by atoms with Crippen LogP contribution in [0.15, 0.2) is 60.7 Å². The fourth-order valence-corrected chi connectivity index (χ4v) is 11.8. The van der Waals surface area contributed by atoms with Gasteiger partial charge in [-0.3, -0.25) is 53.3 Å². The molecule has 0 radical (unpaired) electrons. The summed E-state index contributed by atoms with van der Waals surface area (Å²) >= 11 is 0. The zero-order valence-electron chi connectivity index (χ0n) is 57.0. The van der Waals surface area contributed by atoms with E-state index in [4.69, 9.17) is 23.7 Å². The van der Waals surface area contributed by atoms with Crippen LogP contribution in [0.25, 0.3) is 23.3 Å². The van der Waals surface area contributed by atoms with Gasteiger partial charge in [-0.25, -0.2) is 0 Å². The number of likely N-dealkylation sites (tertiary alicyclic amines) is 1. The Kier molecular flexibility index (Phi) is 27.3. The number of amides is 2. The van der Waals surface area contributed by atoms with Crippen molar-refractivity contribution in [1.29, 1.82) is 0 Å². The second-order valence-electron chi connectivity index (χ2n) is 28.8. The van der Waals surface area contributed by atoms with Gasteiger partial charge in [0.1, 0.15) is 40.8 Å². The number of carbonyl (C=O) groups is 6. The molecule has 510 valence electrons. The molecule has 2 N–H and O–H groups in total. The molecule has 3 aliphatic rings. The van der Waals surface area contributed by atoms with Crippen LogP contribution < -0.4 is 15.4 Å². The Morgan fingerprint density at radius 1 is 0.554 bits per heavy atom. The second kappa shape index (κ2) is 33.6. The Morgan fingerprint density at radius 3 is 1.55 bits per heavy atom. The van der Waals surface area contributed by atoms with E-state index < -0.39 is 46.2 Å². The van der Waals surface area contributed by atoms with E-state index in [0.29, 0.717) is 97.6 Å². The molecule has 0 spiro atoms. The van der Waals surface area contributed by atoms with Gasteiger partial charge in [0.15, 0.2) is 0 Å². The highest BCUT2D eigenvalue weighted by atomic mass is 19.4. The summed E-state index contributed by atoms with van der Waals surface area (Å²) in [5.74, 6) is -1.86. The Balaban J connectivity index is 1.09. The third-order valence-electron chi connectivity index (χ3n) is 16.2. The van der Waals surface area contributed by atoms with Gasteiger partial charge in [-0.1, -0.05) is 67.1 Å². The van der Waals surface area contributed by atoms with Gasteiger partial charge in [-0.05, 0) is 181 Å². The van der Waals surface area contributed by atoms with Gasteiger partial charge >= 0.3 is 30.1 Å². The first-order valence-corrected chi connectivity index (χ1v) is 32.8. The number of esters is 4. The number of piperidine rings is 1. The van der Waals surface area contributed by atoms with Crippen molar-refractivity contribution in [2.24, 2.45) is 11.8 Å². The lowest BCUT2D eigenvalue weighted by molar-refractivity contribution is -0.163. The van der Waals surface area contributed by atoms with E-state index >= 15 is 13.2 Å². The summed E-state index contributed by atoms with van der Waals surface area (Å²) in [4.78, 5) is 90.5. The molecule has 2 aliphatic heterocycles. The number of alkyl halides is 3. The molecule has 1 atom stereocenters. The minimum atomic E-state index is -4.73. The van der Waals surface area contributed by atoms with Crippen LogP contribution >= 0.6 is 0 Å². The fourth-order valence-electron chi connectivity index (χ4n) is 11.8. The minimum absolute atomic E-state index is 0.00507. The molecular weight excluding hydrogens is 1180 g/mol. The molecule has 18 nitrogen and oxygen atoms in total. The Morgan fingerprint density at radius 2 is 1.05 bits per heavy atom. The van der Waals surface area contributed by atoms with Crippen molar-refractivity contribution in [3.8, 4) is 16.9 Å². The topological polar surface area (TPSA) is 189 Å². The van der Waals surface area contributed by atoms with Crippen LogP contribution in [-0.2, 0) is 60.4 Å². The number of rotatable bonds is 21. The maximum absolute atomic E-state index is 15.2. The first-order valence-electron chi connectivity index (χ1n) is 32.8. The van der Waals surface area contributed by atoms with E-state index in [1.165, 1.54) is 12.1 Å². The zero-order valence-corrected chi connectivity index (χ0v) is 57.0. The third-order valence-corrected chi connectivity index (χ3v) is 16.2. The third kappa shape index (κ3) is 26.2. The summed E-state index contributed by atoms with van der Waals surface area (Å²) in [6.07, 6.45) is 3.04. The molecule has 3 aromatic carbocycles. The van der Waals surface area contributed by atoms with Gasteiger partial charge in [0.05, 0.1) is 38.3 Å². The molecule has 0 bridgehead atoms. The summed E-state index contributed by atoms with van der Waals surface area (Å²) in [6, 6.07) is 17.4. The summed E-state index contributed by atoms with van der Waals surface area (Å²) in [7, 11) is 0. The van der Waals surface area contributed by atoms with Gasteiger partial charge < -0.3 is 34.3 Å². The van der Waals surface area contributed by atoms with Gasteiger partial charge in [-0.15, -0.1) is 0 Å². The lowest BCUT2D eigenvalue weighted by atomic mass is 9.81. The summed E-state index contributed by atoms with van der Waals surface area (Å²) < 4.78 is 74.8. The molecule has 0 unspecified atom stereocenters. The number of carbonyl (C=O) groups excluding carboxylic acids is 6. The smallest absolute Gasteiger partial charge is 0.417 e. The molecule has 1 saturated carbocycles. The average molecular weight is 1290 g/mol. The summed E-state index contributed by atoms with van der Waals surface area (Å²) in [6.45, 7) is 28.0. The van der Waals surface area contributed by atoms with E-state index in [-0.39, 0.29) is 104 Å². The predicted octanol–water partition coefficient (Wildman–Crippen LogP) is 10.2. The molecule has 2 heterocycles.